The highest BCUT2D eigenvalue weighted by atomic mass is 16.5. The zero-order valence-corrected chi connectivity index (χ0v) is 18.8. The fourth-order valence-corrected chi connectivity index (χ4v) is 4.02. The minimum atomic E-state index is -0.487. The molecule has 7 heteroatoms. The first kappa shape index (κ1) is 23.9. The van der Waals surface area contributed by atoms with Crippen LogP contribution in [0.5, 0.6) is 0 Å². The van der Waals surface area contributed by atoms with E-state index >= 15 is 0 Å². The molecule has 0 aliphatic carbocycles. The Kier molecular flexibility index (Phi) is 8.41. The molecule has 1 aliphatic rings. The van der Waals surface area contributed by atoms with E-state index in [1.807, 2.05) is 33.8 Å². The molecule has 0 bridgehead atoms. The van der Waals surface area contributed by atoms with Crippen molar-refractivity contribution in [2.24, 2.45) is 11.8 Å². The molecule has 0 saturated carbocycles. The van der Waals surface area contributed by atoms with Gasteiger partial charge in [0.25, 0.3) is 5.91 Å². The van der Waals surface area contributed by atoms with Gasteiger partial charge in [-0.15, -0.1) is 0 Å². The second-order valence-electron chi connectivity index (χ2n) is 8.62. The molecule has 2 unspecified atom stereocenters. The van der Waals surface area contributed by atoms with Crippen LogP contribution in [0, 0.1) is 18.8 Å². The highest BCUT2D eigenvalue weighted by Crippen LogP contribution is 2.26. The topological polar surface area (TPSA) is 81.7 Å². The summed E-state index contributed by atoms with van der Waals surface area (Å²) in [6.07, 6.45) is 1.67. The summed E-state index contributed by atoms with van der Waals surface area (Å²) in [4.78, 5) is 37.5. The van der Waals surface area contributed by atoms with Crippen molar-refractivity contribution in [2.75, 3.05) is 45.2 Å². The summed E-state index contributed by atoms with van der Waals surface area (Å²) >= 11 is 0. The number of quaternary nitrogens is 1. The van der Waals surface area contributed by atoms with Crippen molar-refractivity contribution in [3.63, 3.8) is 0 Å². The zero-order chi connectivity index (χ0) is 22.3. The molecule has 30 heavy (non-hydrogen) atoms. The van der Waals surface area contributed by atoms with Crippen molar-refractivity contribution in [1.82, 2.24) is 0 Å². The molecule has 1 heterocycles. The van der Waals surface area contributed by atoms with Gasteiger partial charge in [-0.25, -0.2) is 4.79 Å². The molecule has 2 atom stereocenters. The van der Waals surface area contributed by atoms with Gasteiger partial charge in [-0.1, -0.05) is 26.0 Å². The molecule has 1 aliphatic heterocycles. The minimum absolute atomic E-state index is 0.161. The summed E-state index contributed by atoms with van der Waals surface area (Å²) in [5.41, 5.74) is 1.61. The van der Waals surface area contributed by atoms with Crippen LogP contribution < -0.4 is 5.32 Å². The van der Waals surface area contributed by atoms with Gasteiger partial charge in [0.2, 0.25) is 0 Å². The van der Waals surface area contributed by atoms with Crippen LogP contribution in [0.4, 0.5) is 5.69 Å². The average Bonchev–Trinajstić information content (AvgIpc) is 2.72. The van der Waals surface area contributed by atoms with E-state index in [1.54, 1.807) is 12.1 Å². The number of amides is 1. The van der Waals surface area contributed by atoms with Crippen LogP contribution in [0.3, 0.4) is 0 Å². The highest BCUT2D eigenvalue weighted by Gasteiger charge is 2.39. The lowest BCUT2D eigenvalue weighted by molar-refractivity contribution is -0.925. The number of rotatable bonds is 8. The summed E-state index contributed by atoms with van der Waals surface area (Å²) in [5.74, 6) is -0.709. The van der Waals surface area contributed by atoms with Crippen molar-refractivity contribution >= 4 is 23.5 Å². The SMILES string of the molecule is CC[N+]1(CC(=O)Nc2c(C)cccc2C(=O)OC)CCCC(C(=O)OCC(C)C)C1. The number of hydrogen-bond donors (Lipinski definition) is 1. The number of nitrogens with zero attached hydrogens (tertiary/aromatic N) is 1. The van der Waals surface area contributed by atoms with Gasteiger partial charge < -0.3 is 19.3 Å². The molecular weight excluding hydrogens is 384 g/mol. The monoisotopic (exact) mass is 419 g/mol. The number of methoxy groups -OCH3 is 1. The number of carbonyl (C=O) groups excluding carboxylic acids is 3. The smallest absolute Gasteiger partial charge is 0.339 e. The molecule has 0 radical (unpaired) electrons. The summed E-state index contributed by atoms with van der Waals surface area (Å²) in [6, 6.07) is 5.24. The van der Waals surface area contributed by atoms with Crippen LogP contribution in [-0.2, 0) is 19.1 Å². The molecule has 1 saturated heterocycles. The third-order valence-electron chi connectivity index (χ3n) is 5.78. The van der Waals surface area contributed by atoms with E-state index in [2.05, 4.69) is 5.32 Å². The minimum Gasteiger partial charge on any atom is -0.465 e. The van der Waals surface area contributed by atoms with Gasteiger partial charge in [0.15, 0.2) is 6.54 Å². The van der Waals surface area contributed by atoms with Gasteiger partial charge in [0.05, 0.1) is 44.6 Å². The molecule has 166 valence electrons. The summed E-state index contributed by atoms with van der Waals surface area (Å²) in [5, 5.41) is 2.91. The third-order valence-corrected chi connectivity index (χ3v) is 5.78. The van der Waals surface area contributed by atoms with Crippen molar-refractivity contribution in [2.45, 2.75) is 40.5 Å². The number of benzene rings is 1. The number of anilines is 1. The molecule has 1 N–H and O–H groups in total. The number of para-hydroxylation sites is 1. The molecule has 1 aromatic carbocycles. The normalized spacial score (nSPS) is 21.2. The number of likely N-dealkylation sites (N-methyl/N-ethyl adjacent to an activating group) is 1. The number of likely N-dealkylation sites (tertiary alicyclic amines) is 1. The molecule has 2 rings (SSSR count). The van der Waals surface area contributed by atoms with E-state index in [-0.39, 0.29) is 24.3 Å². The first-order valence-electron chi connectivity index (χ1n) is 10.7. The van der Waals surface area contributed by atoms with E-state index in [1.165, 1.54) is 7.11 Å². The Bertz CT molecular complexity index is 777. The Morgan fingerprint density at radius 3 is 2.63 bits per heavy atom. The predicted molar refractivity (Wildman–Crippen MR) is 115 cm³/mol. The molecule has 1 fully saturated rings. The maximum absolute atomic E-state index is 13.0. The Morgan fingerprint density at radius 2 is 2.00 bits per heavy atom. The second kappa shape index (κ2) is 10.6. The number of piperidine rings is 1. The van der Waals surface area contributed by atoms with Crippen LogP contribution in [-0.4, -0.2) is 62.2 Å². The van der Waals surface area contributed by atoms with E-state index in [9.17, 15) is 14.4 Å². The molecule has 1 amide bonds. The summed E-state index contributed by atoms with van der Waals surface area (Å²) in [7, 11) is 1.32. The van der Waals surface area contributed by atoms with Crippen LogP contribution in [0.1, 0.15) is 49.5 Å². The van der Waals surface area contributed by atoms with E-state index in [0.717, 1.165) is 31.5 Å². The van der Waals surface area contributed by atoms with Gasteiger partial charge >= 0.3 is 11.9 Å². The molecule has 7 nitrogen and oxygen atoms in total. The van der Waals surface area contributed by atoms with E-state index in [4.69, 9.17) is 9.47 Å². The van der Waals surface area contributed by atoms with E-state index < -0.39 is 5.97 Å². The fourth-order valence-electron chi connectivity index (χ4n) is 4.02. The highest BCUT2D eigenvalue weighted by molar-refractivity contribution is 6.02. The summed E-state index contributed by atoms with van der Waals surface area (Å²) in [6.45, 7) is 10.8. The van der Waals surface area contributed by atoms with Crippen LogP contribution in [0.2, 0.25) is 0 Å². The average molecular weight is 420 g/mol. The Balaban J connectivity index is 2.11. The lowest BCUT2D eigenvalue weighted by atomic mass is 9.95. The fraction of sp³-hybridized carbons (Fsp3) is 0.609. The van der Waals surface area contributed by atoms with Crippen LogP contribution in [0.25, 0.3) is 0 Å². The standard InChI is InChI=1S/C23H34N2O5/c1-6-25(12-8-10-18(13-25)22(27)30-15-16(2)3)14-20(26)24-21-17(4)9-7-11-19(21)23(28)29-5/h7,9,11,16,18H,6,8,10,12-15H2,1-5H3/p+1. The van der Waals surface area contributed by atoms with Gasteiger partial charge in [0.1, 0.15) is 5.92 Å². The molecule has 0 aromatic heterocycles. The number of aryl methyl sites for hydroxylation is 1. The second-order valence-corrected chi connectivity index (χ2v) is 8.62. The largest absolute Gasteiger partial charge is 0.465 e. The van der Waals surface area contributed by atoms with Crippen LogP contribution >= 0.6 is 0 Å². The zero-order valence-electron chi connectivity index (χ0n) is 18.8. The Labute approximate surface area is 179 Å². The van der Waals surface area contributed by atoms with Crippen molar-refractivity contribution < 1.29 is 28.3 Å². The number of esters is 2. The van der Waals surface area contributed by atoms with Crippen LogP contribution in [0.15, 0.2) is 18.2 Å². The quantitative estimate of drug-likeness (QED) is 0.517. The number of nitrogens with one attached hydrogen (secondary N) is 1. The van der Waals surface area contributed by atoms with Gasteiger partial charge in [-0.05, 0) is 44.2 Å². The maximum atomic E-state index is 13.0. The van der Waals surface area contributed by atoms with E-state index in [0.29, 0.717) is 34.8 Å². The number of ether oxygens (including phenoxy) is 2. The van der Waals surface area contributed by atoms with Crippen molar-refractivity contribution in [3.8, 4) is 0 Å². The van der Waals surface area contributed by atoms with Crippen molar-refractivity contribution in [1.29, 1.82) is 0 Å². The lowest BCUT2D eigenvalue weighted by Gasteiger charge is -2.42. The maximum Gasteiger partial charge on any atom is 0.339 e. The first-order valence-corrected chi connectivity index (χ1v) is 10.7. The number of hydrogen-bond acceptors (Lipinski definition) is 5. The molecular formula is C23H35N2O5+. The van der Waals surface area contributed by atoms with Crippen molar-refractivity contribution in [3.05, 3.63) is 29.3 Å². The number of carbonyl (C=O) groups is 3. The Morgan fingerprint density at radius 1 is 1.27 bits per heavy atom. The van der Waals surface area contributed by atoms with Gasteiger partial charge in [-0.3, -0.25) is 9.59 Å². The van der Waals surface area contributed by atoms with Gasteiger partial charge in [-0.2, -0.15) is 0 Å². The molecule has 1 aromatic rings. The van der Waals surface area contributed by atoms with Gasteiger partial charge in [0, 0.05) is 0 Å². The lowest BCUT2D eigenvalue weighted by Crippen LogP contribution is -2.58. The Hall–Kier alpha value is -2.41. The molecule has 0 spiro atoms. The predicted octanol–water partition coefficient (Wildman–Crippen LogP) is 3.17. The first-order chi connectivity index (χ1) is 14.2. The summed E-state index contributed by atoms with van der Waals surface area (Å²) < 4.78 is 10.8. The third kappa shape index (κ3) is 6.05.